The minimum atomic E-state index is -0.668. The van der Waals surface area contributed by atoms with Crippen LogP contribution in [-0.2, 0) is 0 Å². The molecule has 0 aliphatic heterocycles. The van der Waals surface area contributed by atoms with Crippen molar-refractivity contribution < 1.29 is 10.0 Å². The van der Waals surface area contributed by atoms with Crippen LogP contribution >= 0.6 is 11.8 Å². The van der Waals surface area contributed by atoms with Gasteiger partial charge in [-0.1, -0.05) is 30.0 Å². The summed E-state index contributed by atoms with van der Waals surface area (Å²) < 4.78 is 0. The van der Waals surface area contributed by atoms with Crippen molar-refractivity contribution in [2.75, 3.05) is 0 Å². The number of para-hydroxylation sites is 1. The van der Waals surface area contributed by atoms with Crippen LogP contribution in [0.5, 0.6) is 0 Å². The van der Waals surface area contributed by atoms with E-state index in [0.717, 1.165) is 0 Å². The summed E-state index contributed by atoms with van der Waals surface area (Å²) in [6, 6.07) is 9.97. The molecule has 0 spiro atoms. The molecule has 5 nitrogen and oxygen atoms in total. The van der Waals surface area contributed by atoms with Gasteiger partial charge >= 0.3 is 0 Å². The van der Waals surface area contributed by atoms with Gasteiger partial charge in [-0.3, -0.25) is 10.1 Å². The Hall–Kier alpha value is -1.92. The Morgan fingerprint density at radius 1 is 1.32 bits per heavy atom. The maximum absolute atomic E-state index is 11.0. The molecule has 0 aliphatic rings. The molecule has 98 valence electrons. The van der Waals surface area contributed by atoms with Gasteiger partial charge in [0.05, 0.1) is 15.9 Å². The largest absolute Gasteiger partial charge is 0.389 e. The Labute approximate surface area is 114 Å². The third-order valence-electron chi connectivity index (χ3n) is 2.52. The SMILES string of the molecule is C[C@H](O)c1cccnc1Sc1ccccc1[N+](=O)[O-]. The molecule has 1 aromatic heterocycles. The predicted molar refractivity (Wildman–Crippen MR) is 72.1 cm³/mol. The van der Waals surface area contributed by atoms with Crippen LogP contribution in [0, 0.1) is 10.1 Å². The lowest BCUT2D eigenvalue weighted by molar-refractivity contribution is -0.387. The number of nitro benzene ring substituents is 1. The fraction of sp³-hybridized carbons (Fsp3) is 0.154. The molecule has 19 heavy (non-hydrogen) atoms. The number of nitro groups is 1. The lowest BCUT2D eigenvalue weighted by Gasteiger charge is -2.10. The van der Waals surface area contributed by atoms with Gasteiger partial charge in [-0.05, 0) is 19.1 Å². The molecule has 0 amide bonds. The predicted octanol–water partition coefficient (Wildman–Crippen LogP) is 3.19. The van der Waals surface area contributed by atoms with Gasteiger partial charge in [0.25, 0.3) is 5.69 Å². The quantitative estimate of drug-likeness (QED) is 0.685. The smallest absolute Gasteiger partial charge is 0.283 e. The maximum atomic E-state index is 11.0. The van der Waals surface area contributed by atoms with Gasteiger partial charge < -0.3 is 5.11 Å². The van der Waals surface area contributed by atoms with Crippen LogP contribution < -0.4 is 0 Å². The number of rotatable bonds is 4. The third kappa shape index (κ3) is 3.10. The van der Waals surface area contributed by atoms with Crippen LogP contribution in [0.4, 0.5) is 5.69 Å². The average Bonchev–Trinajstić information content (AvgIpc) is 2.39. The highest BCUT2D eigenvalue weighted by Gasteiger charge is 2.17. The molecule has 1 aromatic carbocycles. The Morgan fingerprint density at radius 2 is 2.05 bits per heavy atom. The fourth-order valence-electron chi connectivity index (χ4n) is 1.60. The van der Waals surface area contributed by atoms with E-state index < -0.39 is 11.0 Å². The molecule has 6 heteroatoms. The Morgan fingerprint density at radius 3 is 2.74 bits per heavy atom. The van der Waals surface area contributed by atoms with E-state index in [2.05, 4.69) is 4.98 Å². The van der Waals surface area contributed by atoms with Gasteiger partial charge in [0.1, 0.15) is 5.03 Å². The van der Waals surface area contributed by atoms with Crippen molar-refractivity contribution in [1.82, 2.24) is 4.98 Å². The molecule has 1 heterocycles. The number of aliphatic hydroxyl groups is 1. The second-order valence-corrected chi connectivity index (χ2v) is 4.93. The number of pyridine rings is 1. The van der Waals surface area contributed by atoms with E-state index in [-0.39, 0.29) is 5.69 Å². The number of aromatic nitrogens is 1. The Balaban J connectivity index is 2.39. The number of hydrogen-bond acceptors (Lipinski definition) is 5. The summed E-state index contributed by atoms with van der Waals surface area (Å²) in [6.07, 6.45) is 0.933. The van der Waals surface area contributed by atoms with Crippen molar-refractivity contribution in [2.24, 2.45) is 0 Å². The van der Waals surface area contributed by atoms with E-state index in [1.807, 2.05) is 0 Å². The van der Waals surface area contributed by atoms with E-state index in [9.17, 15) is 15.2 Å². The number of benzene rings is 1. The lowest BCUT2D eigenvalue weighted by Crippen LogP contribution is -1.97. The first-order valence-corrected chi connectivity index (χ1v) is 6.45. The Bertz CT molecular complexity index is 602. The first kappa shape index (κ1) is 13.5. The average molecular weight is 276 g/mol. The molecular formula is C13H12N2O3S. The molecule has 0 radical (unpaired) electrons. The molecular weight excluding hydrogens is 264 g/mol. The molecule has 0 bridgehead atoms. The first-order valence-electron chi connectivity index (χ1n) is 5.64. The number of nitrogens with zero attached hydrogens (tertiary/aromatic N) is 2. The molecule has 1 atom stereocenters. The van der Waals surface area contributed by atoms with E-state index in [1.54, 1.807) is 43.5 Å². The van der Waals surface area contributed by atoms with Crippen molar-refractivity contribution in [3.05, 3.63) is 58.3 Å². The lowest BCUT2D eigenvalue weighted by atomic mass is 10.2. The topological polar surface area (TPSA) is 76.3 Å². The molecule has 1 N–H and O–H groups in total. The van der Waals surface area contributed by atoms with Gasteiger partial charge in [0.15, 0.2) is 0 Å². The molecule has 0 fully saturated rings. The van der Waals surface area contributed by atoms with Crippen molar-refractivity contribution in [3.63, 3.8) is 0 Å². The molecule has 0 aliphatic carbocycles. The van der Waals surface area contributed by atoms with Crippen LogP contribution in [0.2, 0.25) is 0 Å². The molecule has 0 unspecified atom stereocenters. The van der Waals surface area contributed by atoms with Gasteiger partial charge in [-0.25, -0.2) is 4.98 Å². The maximum Gasteiger partial charge on any atom is 0.283 e. The second-order valence-electron chi connectivity index (χ2n) is 3.90. The van der Waals surface area contributed by atoms with Crippen LogP contribution in [0.25, 0.3) is 0 Å². The number of aliphatic hydroxyl groups excluding tert-OH is 1. The summed E-state index contributed by atoms with van der Waals surface area (Å²) in [5.74, 6) is 0. The van der Waals surface area contributed by atoms with E-state index >= 15 is 0 Å². The van der Waals surface area contributed by atoms with E-state index in [0.29, 0.717) is 15.5 Å². The first-order chi connectivity index (χ1) is 9.09. The van der Waals surface area contributed by atoms with Crippen LogP contribution in [0.3, 0.4) is 0 Å². The van der Waals surface area contributed by atoms with Crippen molar-refractivity contribution in [1.29, 1.82) is 0 Å². The zero-order chi connectivity index (χ0) is 13.8. The Kier molecular flexibility index (Phi) is 4.13. The van der Waals surface area contributed by atoms with E-state index in [1.165, 1.54) is 17.8 Å². The minimum Gasteiger partial charge on any atom is -0.389 e. The van der Waals surface area contributed by atoms with Gasteiger partial charge in [0.2, 0.25) is 0 Å². The summed E-state index contributed by atoms with van der Waals surface area (Å²) in [4.78, 5) is 15.2. The second kappa shape index (κ2) is 5.81. The molecule has 0 saturated carbocycles. The fourth-order valence-corrected chi connectivity index (χ4v) is 2.68. The third-order valence-corrected chi connectivity index (χ3v) is 3.62. The minimum absolute atomic E-state index is 0.0368. The standard InChI is InChI=1S/C13H12N2O3S/c1-9(16)10-5-4-8-14-13(10)19-12-7-3-2-6-11(12)15(17)18/h2-9,16H,1H3/t9-/m0/s1. The normalized spacial score (nSPS) is 12.1. The summed E-state index contributed by atoms with van der Waals surface area (Å²) in [7, 11) is 0. The van der Waals surface area contributed by atoms with Crippen LogP contribution in [0.1, 0.15) is 18.6 Å². The zero-order valence-corrected chi connectivity index (χ0v) is 11.0. The van der Waals surface area contributed by atoms with E-state index in [4.69, 9.17) is 0 Å². The zero-order valence-electron chi connectivity index (χ0n) is 10.2. The summed E-state index contributed by atoms with van der Waals surface area (Å²) >= 11 is 1.18. The van der Waals surface area contributed by atoms with Gasteiger partial charge in [-0.15, -0.1) is 0 Å². The molecule has 0 saturated heterocycles. The molecule has 2 aromatic rings. The number of hydrogen-bond donors (Lipinski definition) is 1. The highest BCUT2D eigenvalue weighted by molar-refractivity contribution is 7.99. The summed E-state index contributed by atoms with van der Waals surface area (Å²) in [6.45, 7) is 1.64. The monoisotopic (exact) mass is 276 g/mol. The van der Waals surface area contributed by atoms with Crippen LogP contribution in [0.15, 0.2) is 52.5 Å². The molecule has 2 rings (SSSR count). The summed E-state index contributed by atoms with van der Waals surface area (Å²) in [5.41, 5.74) is 0.695. The van der Waals surface area contributed by atoms with Crippen molar-refractivity contribution >= 4 is 17.4 Å². The van der Waals surface area contributed by atoms with Crippen molar-refractivity contribution in [3.8, 4) is 0 Å². The highest BCUT2D eigenvalue weighted by Crippen LogP contribution is 2.36. The van der Waals surface area contributed by atoms with Crippen LogP contribution in [-0.4, -0.2) is 15.0 Å². The summed E-state index contributed by atoms with van der Waals surface area (Å²) in [5, 5.41) is 21.2. The highest BCUT2D eigenvalue weighted by atomic mass is 32.2. The van der Waals surface area contributed by atoms with Gasteiger partial charge in [0, 0.05) is 17.8 Å². The van der Waals surface area contributed by atoms with Crippen molar-refractivity contribution in [2.45, 2.75) is 22.9 Å². The van der Waals surface area contributed by atoms with Gasteiger partial charge in [-0.2, -0.15) is 0 Å².